The van der Waals surface area contributed by atoms with Crippen LogP contribution in [-0.4, -0.2) is 56.4 Å². The molecule has 1 rings (SSSR count). The summed E-state index contributed by atoms with van der Waals surface area (Å²) in [6.07, 6.45) is 2.87. The molecule has 0 aromatic carbocycles. The van der Waals surface area contributed by atoms with Gasteiger partial charge < -0.3 is 4.74 Å². The van der Waals surface area contributed by atoms with E-state index in [1.54, 1.807) is 0 Å². The molecule has 118 valence electrons. The second-order valence-corrected chi connectivity index (χ2v) is 8.24. The molecule has 0 saturated heterocycles. The lowest BCUT2D eigenvalue weighted by atomic mass is 10.3. The van der Waals surface area contributed by atoms with Gasteiger partial charge in [-0.2, -0.15) is 29.2 Å². The van der Waals surface area contributed by atoms with Crippen molar-refractivity contribution in [2.24, 2.45) is 0 Å². The number of ether oxygens (including phenoxy) is 1. The largest absolute Gasteiger partial charge is 0.469 e. The van der Waals surface area contributed by atoms with E-state index in [0.29, 0.717) is 5.25 Å². The van der Waals surface area contributed by atoms with Crippen LogP contribution >= 0.6 is 11.8 Å². The van der Waals surface area contributed by atoms with Crippen molar-refractivity contribution >= 4 is 27.9 Å². The second-order valence-electron chi connectivity index (χ2n) is 4.86. The molecule has 1 saturated carbocycles. The molecule has 0 aliphatic heterocycles. The Morgan fingerprint density at radius 3 is 2.75 bits per heavy atom. The van der Waals surface area contributed by atoms with Gasteiger partial charge >= 0.3 is 5.97 Å². The summed E-state index contributed by atoms with van der Waals surface area (Å²) in [5.74, 6) is 0.649. The minimum atomic E-state index is -3.52. The van der Waals surface area contributed by atoms with Crippen molar-refractivity contribution in [3.05, 3.63) is 0 Å². The summed E-state index contributed by atoms with van der Waals surface area (Å²) < 4.78 is 32.6. The van der Waals surface area contributed by atoms with Crippen LogP contribution in [0, 0.1) is 0 Å². The zero-order valence-corrected chi connectivity index (χ0v) is 13.9. The topological polar surface area (TPSA) is 75.7 Å². The van der Waals surface area contributed by atoms with Crippen LogP contribution in [-0.2, 0) is 19.7 Å². The first-order valence-corrected chi connectivity index (χ1v) is 9.30. The van der Waals surface area contributed by atoms with Crippen molar-refractivity contribution in [2.45, 2.75) is 43.9 Å². The molecule has 0 spiro atoms. The van der Waals surface area contributed by atoms with Gasteiger partial charge in [-0.15, -0.1) is 0 Å². The van der Waals surface area contributed by atoms with Gasteiger partial charge in [0.25, 0.3) is 10.2 Å². The van der Waals surface area contributed by atoms with Crippen LogP contribution in [0.4, 0.5) is 0 Å². The minimum Gasteiger partial charge on any atom is -0.469 e. The zero-order valence-electron chi connectivity index (χ0n) is 12.3. The van der Waals surface area contributed by atoms with Crippen molar-refractivity contribution in [1.29, 1.82) is 0 Å². The molecule has 0 bridgehead atoms. The molecule has 1 fully saturated rings. The van der Waals surface area contributed by atoms with Crippen molar-refractivity contribution in [1.82, 2.24) is 9.03 Å². The van der Waals surface area contributed by atoms with Gasteiger partial charge in [-0.05, 0) is 25.0 Å². The van der Waals surface area contributed by atoms with Crippen LogP contribution in [0.25, 0.3) is 0 Å². The average Bonchev–Trinajstić information content (AvgIpc) is 2.82. The van der Waals surface area contributed by atoms with Gasteiger partial charge in [0.1, 0.15) is 0 Å². The highest BCUT2D eigenvalue weighted by Crippen LogP contribution is 2.30. The number of thioether (sulfide) groups is 1. The Bertz CT molecular complexity index is 414. The molecule has 2 atom stereocenters. The second kappa shape index (κ2) is 8.21. The molecule has 0 aromatic heterocycles. The summed E-state index contributed by atoms with van der Waals surface area (Å²) in [7, 11) is -0.758. The number of nitrogens with one attached hydrogen (secondary N) is 1. The highest BCUT2D eigenvalue weighted by molar-refractivity contribution is 7.99. The molecule has 1 N–H and O–H groups in total. The van der Waals surface area contributed by atoms with E-state index >= 15 is 0 Å². The smallest absolute Gasteiger partial charge is 0.306 e. The zero-order chi connectivity index (χ0) is 15.2. The van der Waals surface area contributed by atoms with E-state index < -0.39 is 16.2 Å². The number of carbonyl (C=O) groups is 1. The summed E-state index contributed by atoms with van der Waals surface area (Å²) in [6, 6.07) is 0.00428. The number of methoxy groups -OCH3 is 1. The molecule has 6 nitrogen and oxygen atoms in total. The monoisotopic (exact) mass is 324 g/mol. The third kappa shape index (κ3) is 5.59. The molecule has 1 aliphatic carbocycles. The first-order chi connectivity index (χ1) is 9.39. The summed E-state index contributed by atoms with van der Waals surface area (Å²) in [6.45, 7) is 2.24. The molecule has 2 unspecified atom stereocenters. The number of carbonyl (C=O) groups excluding carboxylic acids is 1. The fourth-order valence-electron chi connectivity index (χ4n) is 2.21. The maximum Gasteiger partial charge on any atom is 0.306 e. The Morgan fingerprint density at radius 1 is 1.45 bits per heavy atom. The van der Waals surface area contributed by atoms with Gasteiger partial charge in [0.2, 0.25) is 0 Å². The van der Waals surface area contributed by atoms with Gasteiger partial charge in [-0.25, -0.2) is 0 Å². The van der Waals surface area contributed by atoms with Crippen molar-refractivity contribution in [3.63, 3.8) is 0 Å². The summed E-state index contributed by atoms with van der Waals surface area (Å²) >= 11 is 1.88. The normalized spacial score (nSPS) is 23.2. The summed E-state index contributed by atoms with van der Waals surface area (Å²) in [4.78, 5) is 11.0. The molecule has 0 radical (unpaired) electrons. The Balaban J connectivity index is 2.43. The fraction of sp³-hybridized carbons (Fsp3) is 0.917. The van der Waals surface area contributed by atoms with Crippen LogP contribution < -0.4 is 4.72 Å². The SMILES string of the molecule is CCSC1CCC(NS(=O)(=O)N(C)CCC(=O)OC)C1. The molecule has 1 aliphatic rings. The van der Waals surface area contributed by atoms with Crippen LogP contribution in [0.1, 0.15) is 32.6 Å². The number of esters is 1. The summed E-state index contributed by atoms with van der Waals surface area (Å²) in [5, 5.41) is 0.549. The van der Waals surface area contributed by atoms with E-state index in [0.717, 1.165) is 25.0 Å². The first-order valence-electron chi connectivity index (χ1n) is 6.81. The maximum absolute atomic E-state index is 12.1. The first kappa shape index (κ1) is 17.7. The molecule has 0 amide bonds. The molecular weight excluding hydrogens is 300 g/mol. The van der Waals surface area contributed by atoms with Crippen molar-refractivity contribution < 1.29 is 17.9 Å². The number of nitrogens with zero attached hydrogens (tertiary/aromatic N) is 1. The van der Waals surface area contributed by atoms with Gasteiger partial charge in [0.15, 0.2) is 0 Å². The van der Waals surface area contributed by atoms with Gasteiger partial charge in [0.05, 0.1) is 13.5 Å². The minimum absolute atomic E-state index is 0.00428. The lowest BCUT2D eigenvalue weighted by Crippen LogP contribution is -2.43. The van der Waals surface area contributed by atoms with E-state index in [1.165, 1.54) is 18.5 Å². The van der Waals surface area contributed by atoms with Crippen LogP contribution in [0.2, 0.25) is 0 Å². The van der Waals surface area contributed by atoms with Crippen molar-refractivity contribution in [2.75, 3.05) is 26.5 Å². The standard InChI is InChI=1S/C12H24N2O4S2/c1-4-19-11-6-5-10(9-11)13-20(16,17)14(2)8-7-12(15)18-3/h10-11,13H,4-9H2,1-3H3. The fourth-order valence-corrected chi connectivity index (χ4v) is 4.50. The molecule has 0 aromatic rings. The lowest BCUT2D eigenvalue weighted by Gasteiger charge is -2.20. The summed E-state index contributed by atoms with van der Waals surface area (Å²) in [5.41, 5.74) is 0. The molecule has 20 heavy (non-hydrogen) atoms. The predicted octanol–water partition coefficient (Wildman–Crippen LogP) is 0.990. The van der Waals surface area contributed by atoms with Crippen LogP contribution in [0.5, 0.6) is 0 Å². The quantitative estimate of drug-likeness (QED) is 0.674. The van der Waals surface area contributed by atoms with E-state index in [-0.39, 0.29) is 19.0 Å². The van der Waals surface area contributed by atoms with E-state index in [2.05, 4.69) is 16.4 Å². The van der Waals surface area contributed by atoms with Gasteiger partial charge in [0, 0.05) is 24.9 Å². The Hall–Kier alpha value is -0.310. The lowest BCUT2D eigenvalue weighted by molar-refractivity contribution is -0.140. The van der Waals surface area contributed by atoms with Crippen LogP contribution in [0.3, 0.4) is 0 Å². The number of hydrogen-bond acceptors (Lipinski definition) is 5. The highest BCUT2D eigenvalue weighted by atomic mass is 32.2. The highest BCUT2D eigenvalue weighted by Gasteiger charge is 2.29. The maximum atomic E-state index is 12.1. The van der Waals surface area contributed by atoms with E-state index in [9.17, 15) is 13.2 Å². The Morgan fingerprint density at radius 2 is 2.15 bits per heavy atom. The number of hydrogen-bond donors (Lipinski definition) is 1. The van der Waals surface area contributed by atoms with E-state index in [4.69, 9.17) is 0 Å². The average molecular weight is 324 g/mol. The van der Waals surface area contributed by atoms with Gasteiger partial charge in [-0.3, -0.25) is 4.79 Å². The predicted molar refractivity (Wildman–Crippen MR) is 80.9 cm³/mol. The number of rotatable bonds is 8. The van der Waals surface area contributed by atoms with Gasteiger partial charge in [-0.1, -0.05) is 6.92 Å². The van der Waals surface area contributed by atoms with Crippen LogP contribution in [0.15, 0.2) is 0 Å². The molecule has 0 heterocycles. The third-order valence-electron chi connectivity index (χ3n) is 3.37. The Kier molecular flexibility index (Phi) is 7.28. The third-order valence-corrected chi connectivity index (χ3v) is 6.24. The Labute approximate surface area is 125 Å². The molecular formula is C12H24N2O4S2. The molecule has 8 heteroatoms. The van der Waals surface area contributed by atoms with E-state index in [1.807, 2.05) is 11.8 Å². The van der Waals surface area contributed by atoms with Crippen molar-refractivity contribution in [3.8, 4) is 0 Å².